The molecule has 0 radical (unpaired) electrons. The molecule has 1 aromatic rings. The van der Waals surface area contributed by atoms with E-state index in [-0.39, 0.29) is 18.1 Å². The minimum Gasteiger partial charge on any atom is -0.379 e. The quantitative estimate of drug-likeness (QED) is 0.0732. The van der Waals surface area contributed by atoms with E-state index < -0.39 is 10.1 Å². The number of benzene rings is 1. The van der Waals surface area contributed by atoms with E-state index in [1.165, 1.54) is 12.1 Å². The van der Waals surface area contributed by atoms with Crippen molar-refractivity contribution in [3.05, 3.63) is 29.8 Å². The Balaban J connectivity index is 1.67. The Morgan fingerprint density at radius 2 is 0.646 bits per heavy atom. The number of hydrogen-bond acceptors (Lipinski definition) is 14. The molecule has 0 saturated carbocycles. The van der Waals surface area contributed by atoms with Crippen molar-refractivity contribution in [1.82, 2.24) is 0 Å². The summed E-state index contributed by atoms with van der Waals surface area (Å²) in [6.07, 6.45) is 2.23. The lowest BCUT2D eigenvalue weighted by Gasteiger charge is -2.09. The van der Waals surface area contributed by atoms with Gasteiger partial charge in [0.2, 0.25) is 0 Å². The van der Waals surface area contributed by atoms with Gasteiger partial charge >= 0.3 is 0 Å². The van der Waals surface area contributed by atoms with Crippen LogP contribution in [-0.4, -0.2) is 160 Å². The fraction of sp³-hybridized carbons (Fsp3) is 0.818. The van der Waals surface area contributed by atoms with Crippen LogP contribution in [0.4, 0.5) is 0 Å². The zero-order valence-corrected chi connectivity index (χ0v) is 29.9. The Morgan fingerprint density at radius 3 is 0.917 bits per heavy atom. The van der Waals surface area contributed by atoms with Crippen LogP contribution in [0.15, 0.2) is 29.2 Å². The molecule has 0 atom stereocenters. The van der Waals surface area contributed by atoms with Gasteiger partial charge in [-0.3, -0.25) is 4.18 Å². The molecule has 1 rings (SSSR count). The summed E-state index contributed by atoms with van der Waals surface area (Å²) in [6, 6.07) is 6.48. The van der Waals surface area contributed by atoms with Gasteiger partial charge in [0.25, 0.3) is 10.1 Å². The van der Waals surface area contributed by atoms with Crippen molar-refractivity contribution in [3.63, 3.8) is 0 Å². The molecule has 14 nitrogen and oxygen atoms in total. The highest BCUT2D eigenvalue weighted by Gasteiger charge is 2.14. The highest BCUT2D eigenvalue weighted by atomic mass is 32.2. The van der Waals surface area contributed by atoms with Crippen LogP contribution in [-0.2, 0) is 66.4 Å². The lowest BCUT2D eigenvalue weighted by atomic mass is 10.2. The molecule has 0 aliphatic rings. The van der Waals surface area contributed by atoms with E-state index in [1.807, 2.05) is 6.92 Å². The summed E-state index contributed by atoms with van der Waals surface area (Å²) in [5, 5.41) is 0. The van der Waals surface area contributed by atoms with Crippen LogP contribution < -0.4 is 0 Å². The molecular formula is C33H60O14S. The summed E-state index contributed by atoms with van der Waals surface area (Å²) in [5.74, 6) is 0. The smallest absolute Gasteiger partial charge is 0.297 e. The molecule has 0 spiro atoms. The van der Waals surface area contributed by atoms with E-state index in [0.717, 1.165) is 25.0 Å². The molecule has 0 bridgehead atoms. The van der Waals surface area contributed by atoms with E-state index in [0.29, 0.717) is 132 Å². The zero-order valence-electron chi connectivity index (χ0n) is 29.1. The standard InChI is InChI=1S/C33H60O14S/c1-3-4-9-36-10-11-37-12-13-38-14-15-39-16-17-40-18-19-41-20-21-42-22-23-43-24-25-44-26-27-45-28-29-46-30-31-47-48(34,35)33-7-5-32(2)6-8-33/h5-8H,3-4,9-31H2,1-2H3. The van der Waals surface area contributed by atoms with Crippen LogP contribution in [0.1, 0.15) is 25.3 Å². The zero-order chi connectivity index (χ0) is 34.6. The molecule has 0 saturated heterocycles. The number of unbranched alkanes of at least 4 members (excludes halogenated alkanes) is 1. The minimum atomic E-state index is -3.77. The Bertz CT molecular complexity index is 904. The molecule has 0 amide bonds. The predicted octanol–water partition coefficient (Wildman–Crippen LogP) is 2.68. The first-order chi connectivity index (χ1) is 23.6. The van der Waals surface area contributed by atoms with E-state index in [1.54, 1.807) is 12.1 Å². The molecule has 15 heteroatoms. The molecule has 48 heavy (non-hydrogen) atoms. The largest absolute Gasteiger partial charge is 0.379 e. The predicted molar refractivity (Wildman–Crippen MR) is 178 cm³/mol. The molecule has 1 aromatic carbocycles. The maximum Gasteiger partial charge on any atom is 0.297 e. The van der Waals surface area contributed by atoms with E-state index in [2.05, 4.69) is 6.92 Å². The van der Waals surface area contributed by atoms with Crippen LogP contribution in [0.25, 0.3) is 0 Å². The summed E-state index contributed by atoms with van der Waals surface area (Å²) in [7, 11) is -3.77. The average molecular weight is 713 g/mol. The molecular weight excluding hydrogens is 652 g/mol. The third-order valence-electron chi connectivity index (χ3n) is 6.14. The second-order valence-electron chi connectivity index (χ2n) is 10.2. The molecule has 0 fully saturated rings. The van der Waals surface area contributed by atoms with Gasteiger partial charge in [0.15, 0.2) is 0 Å². The lowest BCUT2D eigenvalue weighted by molar-refractivity contribution is -0.0277. The first-order valence-electron chi connectivity index (χ1n) is 16.9. The fourth-order valence-electron chi connectivity index (χ4n) is 3.52. The Hall–Kier alpha value is -1.31. The maximum absolute atomic E-state index is 12.1. The number of aryl methyl sites for hydroxylation is 1. The Labute approximate surface area is 287 Å². The lowest BCUT2D eigenvalue weighted by Crippen LogP contribution is -2.16. The monoisotopic (exact) mass is 712 g/mol. The van der Waals surface area contributed by atoms with E-state index >= 15 is 0 Å². The maximum atomic E-state index is 12.1. The van der Waals surface area contributed by atoms with Gasteiger partial charge in [-0.25, -0.2) is 0 Å². The molecule has 0 heterocycles. The number of rotatable bonds is 38. The molecule has 0 N–H and O–H groups in total. The van der Waals surface area contributed by atoms with Crippen molar-refractivity contribution in [2.75, 3.05) is 152 Å². The van der Waals surface area contributed by atoms with Crippen molar-refractivity contribution < 1.29 is 64.7 Å². The topological polar surface area (TPSA) is 145 Å². The van der Waals surface area contributed by atoms with Crippen molar-refractivity contribution >= 4 is 10.1 Å². The van der Waals surface area contributed by atoms with Crippen molar-refractivity contribution in [2.45, 2.75) is 31.6 Å². The first-order valence-corrected chi connectivity index (χ1v) is 18.3. The first kappa shape index (κ1) is 44.7. The van der Waals surface area contributed by atoms with Crippen LogP contribution >= 0.6 is 0 Å². The average Bonchev–Trinajstić information content (AvgIpc) is 3.08. The molecule has 282 valence electrons. The molecule has 0 aliphatic heterocycles. The van der Waals surface area contributed by atoms with Gasteiger partial charge in [-0.1, -0.05) is 31.0 Å². The Kier molecular flexibility index (Phi) is 31.8. The molecule has 0 aromatic heterocycles. The highest BCUT2D eigenvalue weighted by molar-refractivity contribution is 7.86. The summed E-state index contributed by atoms with van der Waals surface area (Å²) < 4.78 is 89.0. The molecule has 0 unspecified atom stereocenters. The van der Waals surface area contributed by atoms with Gasteiger partial charge in [0.1, 0.15) is 0 Å². The second-order valence-corrected chi connectivity index (χ2v) is 11.8. The fourth-order valence-corrected chi connectivity index (χ4v) is 4.42. The van der Waals surface area contributed by atoms with Crippen molar-refractivity contribution in [2.24, 2.45) is 0 Å². The van der Waals surface area contributed by atoms with Gasteiger partial charge in [0.05, 0.1) is 150 Å². The summed E-state index contributed by atoms with van der Waals surface area (Å²) in [4.78, 5) is 0.129. The number of ether oxygens (including phenoxy) is 11. The second kappa shape index (κ2) is 34.2. The van der Waals surface area contributed by atoms with E-state index in [9.17, 15) is 8.42 Å². The number of hydrogen-bond donors (Lipinski definition) is 0. The van der Waals surface area contributed by atoms with Crippen LogP contribution in [0.2, 0.25) is 0 Å². The van der Waals surface area contributed by atoms with Crippen molar-refractivity contribution in [3.8, 4) is 0 Å². The highest BCUT2D eigenvalue weighted by Crippen LogP contribution is 2.12. The summed E-state index contributed by atoms with van der Waals surface area (Å²) in [5.41, 5.74) is 0.976. The third kappa shape index (κ3) is 29.6. The van der Waals surface area contributed by atoms with E-state index in [4.69, 9.17) is 56.3 Å². The SMILES string of the molecule is CCCCOCCOCCOCCOCCOCCOCCOCCOCCOCCOCCOCCOS(=O)(=O)c1ccc(C)cc1. The van der Waals surface area contributed by atoms with Gasteiger partial charge < -0.3 is 52.1 Å². The minimum absolute atomic E-state index is 0.0587. The van der Waals surface area contributed by atoms with Gasteiger partial charge in [-0.2, -0.15) is 8.42 Å². The third-order valence-corrected chi connectivity index (χ3v) is 7.46. The van der Waals surface area contributed by atoms with Crippen molar-refractivity contribution in [1.29, 1.82) is 0 Å². The summed E-state index contributed by atoms with van der Waals surface area (Å²) in [6.45, 7) is 14.7. The van der Waals surface area contributed by atoms with Gasteiger partial charge in [-0.05, 0) is 25.5 Å². The normalized spacial score (nSPS) is 11.9. The van der Waals surface area contributed by atoms with Gasteiger partial charge in [0, 0.05) is 6.61 Å². The van der Waals surface area contributed by atoms with Crippen LogP contribution in [0.5, 0.6) is 0 Å². The van der Waals surface area contributed by atoms with Gasteiger partial charge in [-0.15, -0.1) is 0 Å². The molecule has 0 aliphatic carbocycles. The Morgan fingerprint density at radius 1 is 0.396 bits per heavy atom. The van der Waals surface area contributed by atoms with Crippen LogP contribution in [0, 0.1) is 6.92 Å². The van der Waals surface area contributed by atoms with Crippen LogP contribution in [0.3, 0.4) is 0 Å². The summed E-state index contributed by atoms with van der Waals surface area (Å²) >= 11 is 0.